The van der Waals surface area contributed by atoms with Crippen molar-refractivity contribution in [3.8, 4) is 68.5 Å². The third kappa shape index (κ3) is 19.8. The lowest BCUT2D eigenvalue weighted by Gasteiger charge is -2.16. The number of carbonyl (C=O) groups is 4. The number of aromatic nitrogens is 8. The summed E-state index contributed by atoms with van der Waals surface area (Å²) in [5.74, 6) is 2.45. The fourth-order valence-corrected chi connectivity index (χ4v) is 13.7. The number of nitrogens with one attached hydrogen (secondary N) is 4. The maximum atomic E-state index is 11.3. The van der Waals surface area contributed by atoms with Crippen molar-refractivity contribution in [2.45, 2.75) is 80.1 Å². The summed E-state index contributed by atoms with van der Waals surface area (Å²) in [6.07, 6.45) is 8.00. The van der Waals surface area contributed by atoms with E-state index in [1.165, 1.54) is 52.7 Å². The van der Waals surface area contributed by atoms with Crippen LogP contribution in [0.4, 0.5) is 46.0 Å². The Labute approximate surface area is 640 Å². The van der Waals surface area contributed by atoms with Crippen molar-refractivity contribution in [3.63, 3.8) is 0 Å². The number of methoxy groups -OCH3 is 4. The molecule has 8 N–H and O–H groups in total. The van der Waals surface area contributed by atoms with E-state index in [2.05, 4.69) is 82.1 Å². The van der Waals surface area contributed by atoms with Crippen LogP contribution in [0, 0.1) is 13.8 Å². The second kappa shape index (κ2) is 38.2. The average Bonchev–Trinajstić information content (AvgIpc) is 1.19. The van der Waals surface area contributed by atoms with E-state index in [9.17, 15) is 39.6 Å². The van der Waals surface area contributed by atoms with Gasteiger partial charge >= 0.3 is 23.9 Å². The molecule has 0 spiro atoms. The summed E-state index contributed by atoms with van der Waals surface area (Å²) in [7, 11) is 5.80. The van der Waals surface area contributed by atoms with Crippen molar-refractivity contribution < 1.29 is 58.6 Å². The zero-order valence-corrected chi connectivity index (χ0v) is 64.2. The summed E-state index contributed by atoms with van der Waals surface area (Å²) in [5, 5.41) is 66.2. The Morgan fingerprint density at radius 2 is 0.639 bits per heavy atom. The lowest BCUT2D eigenvalue weighted by atomic mass is 10.1. The Hall–Kier alpha value is -12.2. The number of aromatic carboxylic acids is 4. The van der Waals surface area contributed by atoms with Crippen LogP contribution in [0.2, 0.25) is 0 Å². The summed E-state index contributed by atoms with van der Waals surface area (Å²) >= 11 is 6.38. The molecule has 0 saturated carbocycles. The minimum absolute atomic E-state index is 0.104. The summed E-state index contributed by atoms with van der Waals surface area (Å²) < 4.78 is 20.8. The van der Waals surface area contributed by atoms with Crippen LogP contribution >= 0.6 is 45.3 Å². The van der Waals surface area contributed by atoms with E-state index < -0.39 is 23.9 Å². The molecular formula is C80H80N12O12S4. The monoisotopic (exact) mass is 1530 g/mol. The molecule has 8 heterocycles. The van der Waals surface area contributed by atoms with Gasteiger partial charge in [0.2, 0.25) is 0 Å². The topological polar surface area (TPSA) is 337 Å². The molecule has 28 heteroatoms. The molecule has 0 aliphatic heterocycles. The number of carboxylic acid groups (broad SMARTS) is 4. The van der Waals surface area contributed by atoms with Gasteiger partial charge in [0.05, 0.1) is 28.4 Å². The molecule has 0 aliphatic carbocycles. The van der Waals surface area contributed by atoms with Crippen molar-refractivity contribution in [1.82, 2.24) is 39.9 Å². The molecule has 8 aromatic heterocycles. The highest BCUT2D eigenvalue weighted by molar-refractivity contribution is 7.09. The number of anilines is 8. The standard InChI is InChI=1S/C21H21N3O3S.C20H19N3O3S.C20H21N3O3S.C19H19N3O3S/c1-4-6-15-17(5-2)23-19(13-9-10-28-12-13)24-20(15)22-14-7-8-16(21(25)26)18(11-14)27-3;1-4-5-15-12(2)21-18(13-8-9-27-11-13)23-19(15)22-14-6-7-16(20(24)25)17(10-14)26-3;1-4-14-16(5-2)22-18(12-8-9-27-11-12)23-19(14)21-13-6-7-15(20(24)25)17(10-13)26-3;1-4-14-11(2)20-17(12-7-8-26-10-12)22-18(14)21-13-5-6-15(19(23)24)16(9-13)25-3/h4,7-12H,1,5-6H2,2-3H3,(H,25,26)(H,22,23,24);4,6-11H,1,5H2,2-3H3,(H,24,25)(H,21,22,23);6-11H,4-5H2,1-3H3,(H,24,25)(H,21,22,23);5-10H,4H2,1-3H3,(H,23,24)(H,20,21,22). The van der Waals surface area contributed by atoms with Crippen LogP contribution in [0.3, 0.4) is 0 Å². The van der Waals surface area contributed by atoms with Gasteiger partial charge in [0.25, 0.3) is 0 Å². The number of benzene rings is 4. The van der Waals surface area contributed by atoms with Crippen LogP contribution in [-0.2, 0) is 38.5 Å². The van der Waals surface area contributed by atoms with Crippen molar-refractivity contribution in [1.29, 1.82) is 0 Å². The predicted octanol–water partition coefficient (Wildman–Crippen LogP) is 18.9. The van der Waals surface area contributed by atoms with E-state index in [4.69, 9.17) is 38.9 Å². The second-order valence-electron chi connectivity index (χ2n) is 23.4. The molecule has 0 bridgehead atoms. The van der Waals surface area contributed by atoms with E-state index in [0.717, 1.165) is 98.8 Å². The van der Waals surface area contributed by atoms with Crippen molar-refractivity contribution >= 4 is 115 Å². The molecule has 24 nitrogen and oxygen atoms in total. The van der Waals surface area contributed by atoms with Gasteiger partial charge in [-0.25, -0.2) is 59.0 Å². The Morgan fingerprint density at radius 1 is 0.370 bits per heavy atom. The first-order valence-electron chi connectivity index (χ1n) is 33.8. The Balaban J connectivity index is 0.000000166. The van der Waals surface area contributed by atoms with E-state index in [0.29, 0.717) is 87.8 Å². The van der Waals surface area contributed by atoms with Gasteiger partial charge in [0.15, 0.2) is 23.3 Å². The largest absolute Gasteiger partial charge is 0.496 e. The zero-order valence-electron chi connectivity index (χ0n) is 60.9. The van der Waals surface area contributed by atoms with Gasteiger partial charge in [-0.2, -0.15) is 45.3 Å². The van der Waals surface area contributed by atoms with Gasteiger partial charge in [0, 0.05) is 136 Å². The molecule has 0 atom stereocenters. The molecule has 0 saturated heterocycles. The highest BCUT2D eigenvalue weighted by Gasteiger charge is 2.22. The number of rotatable bonds is 28. The molecule has 0 aliphatic rings. The average molecular weight is 1530 g/mol. The molecule has 0 fully saturated rings. The van der Waals surface area contributed by atoms with E-state index >= 15 is 0 Å². The van der Waals surface area contributed by atoms with Gasteiger partial charge in [-0.3, -0.25) is 0 Å². The first kappa shape index (κ1) is 79.9. The summed E-state index contributed by atoms with van der Waals surface area (Å²) in [6.45, 7) is 19.8. The van der Waals surface area contributed by atoms with E-state index in [-0.39, 0.29) is 33.8 Å². The van der Waals surface area contributed by atoms with Crippen LogP contribution in [0.1, 0.15) is 114 Å². The normalized spacial score (nSPS) is 10.5. The van der Waals surface area contributed by atoms with Crippen LogP contribution in [0.15, 0.2) is 165 Å². The zero-order chi connectivity index (χ0) is 77.6. The first-order chi connectivity index (χ1) is 52.2. The van der Waals surface area contributed by atoms with E-state index in [1.807, 2.05) is 87.2 Å². The highest BCUT2D eigenvalue weighted by atomic mass is 32.1. The number of hydrogen-bond donors (Lipinski definition) is 8. The van der Waals surface area contributed by atoms with Crippen molar-refractivity contribution in [2.24, 2.45) is 0 Å². The number of carboxylic acids is 4. The maximum Gasteiger partial charge on any atom is 0.339 e. The summed E-state index contributed by atoms with van der Waals surface area (Å²) in [4.78, 5) is 82.7. The SMILES string of the molecule is C=CCc1c(C)nc(-c2ccsc2)nc1Nc1ccc(C(=O)O)c(OC)c1.C=CCc1c(CC)nc(-c2ccsc2)nc1Nc1ccc(C(=O)O)c(OC)c1.CCc1c(C)nc(-c2ccsc2)nc1Nc1ccc(C(=O)O)c(OC)c1.CCc1nc(-c2ccsc2)nc(Nc2ccc(C(=O)O)c(OC)c2)c1CC. The molecule has 12 aromatic rings. The van der Waals surface area contributed by atoms with Crippen molar-refractivity contribution in [3.05, 3.63) is 233 Å². The smallest absolute Gasteiger partial charge is 0.339 e. The molecule has 0 amide bonds. The molecule has 556 valence electrons. The lowest BCUT2D eigenvalue weighted by molar-refractivity contribution is 0.0682. The maximum absolute atomic E-state index is 11.3. The van der Waals surface area contributed by atoms with E-state index in [1.54, 1.807) is 100.0 Å². The van der Waals surface area contributed by atoms with Crippen molar-refractivity contribution in [2.75, 3.05) is 49.7 Å². The highest BCUT2D eigenvalue weighted by Crippen LogP contribution is 2.36. The predicted molar refractivity (Wildman–Crippen MR) is 429 cm³/mol. The third-order valence-corrected chi connectivity index (χ3v) is 19.3. The van der Waals surface area contributed by atoms with Crippen LogP contribution in [-0.4, -0.2) is 113 Å². The number of nitrogens with zero attached hydrogens (tertiary/aromatic N) is 8. The van der Waals surface area contributed by atoms with Gasteiger partial charge in [-0.05, 0) is 147 Å². The summed E-state index contributed by atoms with van der Waals surface area (Å²) in [5.41, 5.74) is 14.8. The van der Waals surface area contributed by atoms with Crippen LogP contribution in [0.5, 0.6) is 23.0 Å². The number of thiophene rings is 4. The third-order valence-electron chi connectivity index (χ3n) is 16.6. The summed E-state index contributed by atoms with van der Waals surface area (Å²) in [6, 6.07) is 27.4. The number of ether oxygens (including phenoxy) is 4. The Bertz CT molecular complexity index is 5150. The quantitative estimate of drug-likeness (QED) is 0.0211. The minimum Gasteiger partial charge on any atom is -0.496 e. The molecular weight excluding hydrogens is 1450 g/mol. The Kier molecular flexibility index (Phi) is 28.2. The lowest BCUT2D eigenvalue weighted by Crippen LogP contribution is -2.08. The fourth-order valence-electron chi connectivity index (χ4n) is 11.2. The molecule has 0 radical (unpaired) electrons. The van der Waals surface area contributed by atoms with Gasteiger partial charge in [0.1, 0.15) is 68.5 Å². The molecule has 0 unspecified atom stereocenters. The number of aryl methyl sites for hydroxylation is 4. The first-order valence-corrected chi connectivity index (χ1v) is 37.6. The van der Waals surface area contributed by atoms with Crippen LogP contribution in [0.25, 0.3) is 45.6 Å². The molecule has 4 aromatic carbocycles. The Morgan fingerprint density at radius 3 is 0.907 bits per heavy atom. The molecule has 12 rings (SSSR count). The van der Waals surface area contributed by atoms with Crippen LogP contribution < -0.4 is 40.2 Å². The molecule has 108 heavy (non-hydrogen) atoms. The minimum atomic E-state index is -1.04. The van der Waals surface area contributed by atoms with Gasteiger partial charge in [-0.1, -0.05) is 39.8 Å². The second-order valence-corrected chi connectivity index (χ2v) is 26.5. The number of allylic oxidation sites excluding steroid dienone is 2. The van der Waals surface area contributed by atoms with Gasteiger partial charge < -0.3 is 60.6 Å². The van der Waals surface area contributed by atoms with Gasteiger partial charge in [-0.15, -0.1) is 13.2 Å². The number of hydrogen-bond acceptors (Lipinski definition) is 24. The fraction of sp³-hybridized carbons (Fsp3) is 0.200.